The van der Waals surface area contributed by atoms with Crippen LogP contribution >= 0.6 is 0 Å². The van der Waals surface area contributed by atoms with E-state index in [4.69, 9.17) is 0 Å². The Bertz CT molecular complexity index is 513. The van der Waals surface area contributed by atoms with Crippen LogP contribution < -0.4 is 5.32 Å². The molecule has 1 unspecified atom stereocenters. The van der Waals surface area contributed by atoms with Crippen LogP contribution in [-0.4, -0.2) is 51.2 Å². The Kier molecular flexibility index (Phi) is 4.42. The van der Waals surface area contributed by atoms with Crippen molar-refractivity contribution in [3.8, 4) is 0 Å². The van der Waals surface area contributed by atoms with Crippen molar-refractivity contribution in [2.45, 2.75) is 17.9 Å². The normalized spacial score (nSPS) is 21.3. The Hall–Kier alpha value is -1.14. The van der Waals surface area contributed by atoms with Gasteiger partial charge in [-0.2, -0.15) is 0 Å². The smallest absolute Gasteiger partial charge is 0.192 e. The molecule has 1 aromatic rings. The van der Waals surface area contributed by atoms with Crippen molar-refractivity contribution in [3.63, 3.8) is 0 Å². The number of rotatable bonds is 4. The molecule has 1 N–H and O–H groups in total. The summed E-state index contributed by atoms with van der Waals surface area (Å²) >= 11 is 0. The van der Waals surface area contributed by atoms with Crippen LogP contribution in [0.5, 0.6) is 0 Å². The lowest BCUT2D eigenvalue weighted by molar-refractivity contribution is 0.217. The second-order valence-electron chi connectivity index (χ2n) is 5.31. The van der Waals surface area contributed by atoms with Gasteiger partial charge in [-0.3, -0.25) is 0 Å². The average molecular weight is 283 g/mol. The summed E-state index contributed by atoms with van der Waals surface area (Å²) in [5.74, 6) is 0.647. The quantitative estimate of drug-likeness (QED) is 0.901. The molecule has 19 heavy (non-hydrogen) atoms. The number of likely N-dealkylation sites (tertiary alicyclic amines) is 1. The third kappa shape index (κ3) is 4.18. The zero-order valence-corrected chi connectivity index (χ0v) is 12.3. The van der Waals surface area contributed by atoms with Crippen molar-refractivity contribution in [3.05, 3.63) is 18.3 Å². The molecule has 0 saturated carbocycles. The van der Waals surface area contributed by atoms with Crippen molar-refractivity contribution >= 4 is 15.5 Å². The molecule has 0 aromatic carbocycles. The van der Waals surface area contributed by atoms with Gasteiger partial charge < -0.3 is 10.2 Å². The van der Waals surface area contributed by atoms with Crippen LogP contribution in [0.25, 0.3) is 0 Å². The van der Waals surface area contributed by atoms with E-state index in [1.54, 1.807) is 18.3 Å². The first kappa shape index (κ1) is 14.3. The van der Waals surface area contributed by atoms with E-state index in [9.17, 15) is 8.42 Å². The van der Waals surface area contributed by atoms with E-state index in [0.717, 1.165) is 18.8 Å². The number of nitrogens with zero attached hydrogens (tertiary/aromatic N) is 2. The first-order valence-electron chi connectivity index (χ1n) is 6.53. The molecule has 0 spiro atoms. The summed E-state index contributed by atoms with van der Waals surface area (Å²) < 4.78 is 22.6. The standard InChI is InChI=1S/C13H21N3O2S/c1-16-7-3-4-11(10-16)8-14-12-5-6-13(15-9-12)19(2,17)18/h5-6,9,11,14H,3-4,7-8,10H2,1-2H3. The van der Waals surface area contributed by atoms with E-state index in [-0.39, 0.29) is 5.03 Å². The Balaban J connectivity index is 1.89. The number of aromatic nitrogens is 1. The minimum absolute atomic E-state index is 0.121. The van der Waals surface area contributed by atoms with Crippen LogP contribution in [0.15, 0.2) is 23.4 Å². The highest BCUT2D eigenvalue weighted by atomic mass is 32.2. The monoisotopic (exact) mass is 283 g/mol. The first-order chi connectivity index (χ1) is 8.95. The summed E-state index contributed by atoms with van der Waals surface area (Å²) in [6, 6.07) is 3.32. The Morgan fingerprint density at radius 1 is 1.47 bits per heavy atom. The highest BCUT2D eigenvalue weighted by Crippen LogP contribution is 2.16. The molecule has 1 aromatic heterocycles. The van der Waals surface area contributed by atoms with E-state index in [1.807, 2.05) is 0 Å². The van der Waals surface area contributed by atoms with Crippen LogP contribution in [0.1, 0.15) is 12.8 Å². The minimum atomic E-state index is -3.21. The van der Waals surface area contributed by atoms with Crippen molar-refractivity contribution < 1.29 is 8.42 Å². The highest BCUT2D eigenvalue weighted by molar-refractivity contribution is 7.90. The van der Waals surface area contributed by atoms with Crippen molar-refractivity contribution in [1.82, 2.24) is 9.88 Å². The number of sulfone groups is 1. The van der Waals surface area contributed by atoms with E-state index < -0.39 is 9.84 Å². The maximum absolute atomic E-state index is 11.3. The summed E-state index contributed by atoms with van der Waals surface area (Å²) in [6.07, 6.45) is 5.24. The molecule has 1 aliphatic heterocycles. The molecule has 0 radical (unpaired) electrons. The third-order valence-electron chi connectivity index (χ3n) is 3.43. The van der Waals surface area contributed by atoms with Gasteiger partial charge in [-0.1, -0.05) is 0 Å². The summed E-state index contributed by atoms with van der Waals surface area (Å²) in [4.78, 5) is 6.32. The average Bonchev–Trinajstić information content (AvgIpc) is 2.36. The Morgan fingerprint density at radius 3 is 2.84 bits per heavy atom. The molecule has 2 heterocycles. The van der Waals surface area contributed by atoms with Gasteiger partial charge in [0.2, 0.25) is 0 Å². The highest BCUT2D eigenvalue weighted by Gasteiger charge is 2.16. The molecule has 0 amide bonds. The van der Waals surface area contributed by atoms with Crippen LogP contribution in [0.2, 0.25) is 0 Å². The molecule has 1 saturated heterocycles. The molecule has 0 bridgehead atoms. The fraction of sp³-hybridized carbons (Fsp3) is 0.615. The SMILES string of the molecule is CN1CCCC(CNc2ccc(S(C)(=O)=O)nc2)C1. The van der Waals surface area contributed by atoms with Crippen LogP contribution in [-0.2, 0) is 9.84 Å². The summed E-state index contributed by atoms with van der Waals surface area (Å²) in [5.41, 5.74) is 0.876. The lowest BCUT2D eigenvalue weighted by Crippen LogP contribution is -2.35. The van der Waals surface area contributed by atoms with E-state index in [1.165, 1.54) is 25.6 Å². The molecular weight excluding hydrogens is 262 g/mol. The second-order valence-corrected chi connectivity index (χ2v) is 7.27. The first-order valence-corrected chi connectivity index (χ1v) is 8.43. The topological polar surface area (TPSA) is 62.3 Å². The number of hydrogen-bond acceptors (Lipinski definition) is 5. The van der Waals surface area contributed by atoms with Gasteiger partial charge in [0.25, 0.3) is 0 Å². The van der Waals surface area contributed by atoms with E-state index in [0.29, 0.717) is 5.92 Å². The van der Waals surface area contributed by atoms with Crippen molar-refractivity contribution in [2.24, 2.45) is 5.92 Å². The molecule has 106 valence electrons. The molecule has 1 fully saturated rings. The molecule has 0 aliphatic carbocycles. The molecule has 1 aliphatic rings. The number of hydrogen-bond donors (Lipinski definition) is 1. The lowest BCUT2D eigenvalue weighted by Gasteiger charge is -2.29. The van der Waals surface area contributed by atoms with Crippen LogP contribution in [0.4, 0.5) is 5.69 Å². The fourth-order valence-electron chi connectivity index (χ4n) is 2.41. The molecule has 1 atom stereocenters. The van der Waals surface area contributed by atoms with Crippen molar-refractivity contribution in [2.75, 3.05) is 38.3 Å². The zero-order valence-electron chi connectivity index (χ0n) is 11.5. The number of pyridine rings is 1. The Labute approximate surface area is 114 Å². The second kappa shape index (κ2) is 5.88. The Morgan fingerprint density at radius 2 is 2.26 bits per heavy atom. The number of piperidine rings is 1. The van der Waals surface area contributed by atoms with Gasteiger partial charge in [0.05, 0.1) is 11.9 Å². The zero-order chi connectivity index (χ0) is 13.9. The largest absolute Gasteiger partial charge is 0.383 e. The molecular formula is C13H21N3O2S. The summed E-state index contributed by atoms with van der Waals surface area (Å²) in [7, 11) is -1.06. The number of nitrogens with one attached hydrogen (secondary N) is 1. The van der Waals surface area contributed by atoms with Crippen LogP contribution in [0, 0.1) is 5.92 Å². The van der Waals surface area contributed by atoms with Gasteiger partial charge in [-0.15, -0.1) is 0 Å². The lowest BCUT2D eigenvalue weighted by atomic mass is 9.98. The molecule has 6 heteroatoms. The fourth-order valence-corrected chi connectivity index (χ4v) is 2.97. The van der Waals surface area contributed by atoms with Crippen molar-refractivity contribution in [1.29, 1.82) is 0 Å². The van der Waals surface area contributed by atoms with Gasteiger partial charge in [-0.05, 0) is 44.5 Å². The summed E-state index contributed by atoms with van der Waals surface area (Å²) in [6.45, 7) is 3.20. The predicted molar refractivity (Wildman–Crippen MR) is 76.1 cm³/mol. The van der Waals surface area contributed by atoms with E-state index in [2.05, 4.69) is 22.2 Å². The molecule has 2 rings (SSSR count). The third-order valence-corrected chi connectivity index (χ3v) is 4.43. The number of anilines is 1. The maximum Gasteiger partial charge on any atom is 0.192 e. The summed E-state index contributed by atoms with van der Waals surface area (Å²) in [5, 5.41) is 3.45. The van der Waals surface area contributed by atoms with Gasteiger partial charge in [0.1, 0.15) is 0 Å². The van der Waals surface area contributed by atoms with Gasteiger partial charge in [0, 0.05) is 19.3 Å². The molecule has 5 nitrogen and oxygen atoms in total. The van der Waals surface area contributed by atoms with Gasteiger partial charge in [-0.25, -0.2) is 13.4 Å². The van der Waals surface area contributed by atoms with Crippen LogP contribution in [0.3, 0.4) is 0 Å². The van der Waals surface area contributed by atoms with E-state index >= 15 is 0 Å². The predicted octanol–water partition coefficient (Wildman–Crippen LogP) is 1.24. The van der Waals surface area contributed by atoms with Gasteiger partial charge >= 0.3 is 0 Å². The maximum atomic E-state index is 11.3. The minimum Gasteiger partial charge on any atom is -0.383 e. The van der Waals surface area contributed by atoms with Gasteiger partial charge in [0.15, 0.2) is 14.9 Å².